The standard InChI is InChI=1S/C28H37Cl2N3O5S/c1-4-25(28(35)31-22-8-5-6-9-22)32(19-20-11-13-21(29)14-12-20)27(34)10-7-17-33(39(3,36)37)23-15-16-26(38-2)24(30)18-23/h11-16,18,22,25H,4-10,17,19H2,1-3H3,(H,31,35)/t25-/m1/s1. The highest BCUT2D eigenvalue weighted by Crippen LogP contribution is 2.30. The molecule has 11 heteroatoms. The van der Waals surface area contributed by atoms with Crippen LogP contribution in [0.3, 0.4) is 0 Å². The largest absolute Gasteiger partial charge is 0.495 e. The fourth-order valence-corrected chi connectivity index (χ4v) is 6.22. The Labute approximate surface area is 241 Å². The summed E-state index contributed by atoms with van der Waals surface area (Å²) in [5, 5.41) is 4.00. The van der Waals surface area contributed by atoms with Gasteiger partial charge in [0.2, 0.25) is 21.8 Å². The maximum absolute atomic E-state index is 13.6. The molecule has 0 aliphatic heterocycles. The van der Waals surface area contributed by atoms with Gasteiger partial charge >= 0.3 is 0 Å². The predicted octanol–water partition coefficient (Wildman–Crippen LogP) is 5.41. The zero-order valence-electron chi connectivity index (χ0n) is 22.7. The molecule has 1 aliphatic rings. The van der Waals surface area contributed by atoms with Crippen LogP contribution in [0.15, 0.2) is 42.5 Å². The second-order valence-electron chi connectivity index (χ2n) is 9.82. The zero-order chi connectivity index (χ0) is 28.6. The van der Waals surface area contributed by atoms with E-state index in [2.05, 4.69) is 5.32 Å². The average molecular weight is 599 g/mol. The van der Waals surface area contributed by atoms with Crippen LogP contribution in [0.1, 0.15) is 57.4 Å². The van der Waals surface area contributed by atoms with Crippen LogP contribution in [-0.4, -0.2) is 57.1 Å². The van der Waals surface area contributed by atoms with Crippen molar-refractivity contribution in [2.75, 3.05) is 24.2 Å². The molecule has 2 amide bonds. The summed E-state index contributed by atoms with van der Waals surface area (Å²) in [6.45, 7) is 2.21. The first-order chi connectivity index (χ1) is 18.5. The maximum Gasteiger partial charge on any atom is 0.243 e. The molecule has 0 bridgehead atoms. The van der Waals surface area contributed by atoms with Gasteiger partial charge in [0, 0.05) is 30.6 Å². The number of halogens is 2. The molecular formula is C28H37Cl2N3O5S. The number of sulfonamides is 1. The van der Waals surface area contributed by atoms with Gasteiger partial charge in [-0.1, -0.05) is 55.1 Å². The summed E-state index contributed by atoms with van der Waals surface area (Å²) >= 11 is 12.3. The molecule has 39 heavy (non-hydrogen) atoms. The first-order valence-corrected chi connectivity index (χ1v) is 15.8. The van der Waals surface area contributed by atoms with Gasteiger partial charge in [-0.15, -0.1) is 0 Å². The fourth-order valence-electron chi connectivity index (χ4n) is 4.89. The number of hydrogen-bond donors (Lipinski definition) is 1. The minimum atomic E-state index is -3.64. The summed E-state index contributed by atoms with van der Waals surface area (Å²) in [5.74, 6) is 0.0558. The Balaban J connectivity index is 1.76. The lowest BCUT2D eigenvalue weighted by Gasteiger charge is -2.32. The summed E-state index contributed by atoms with van der Waals surface area (Å²) in [5.41, 5.74) is 1.24. The molecule has 0 saturated heterocycles. The number of anilines is 1. The molecule has 0 unspecified atom stereocenters. The third kappa shape index (κ3) is 8.75. The van der Waals surface area contributed by atoms with Gasteiger partial charge in [0.15, 0.2) is 0 Å². The van der Waals surface area contributed by atoms with Gasteiger partial charge in [0.25, 0.3) is 0 Å². The minimum Gasteiger partial charge on any atom is -0.495 e. The van der Waals surface area contributed by atoms with Crippen LogP contribution < -0.4 is 14.4 Å². The Kier molecular flexibility index (Phi) is 11.3. The third-order valence-corrected chi connectivity index (χ3v) is 8.67. The summed E-state index contributed by atoms with van der Waals surface area (Å²) in [4.78, 5) is 28.4. The number of hydrogen-bond acceptors (Lipinski definition) is 5. The second-order valence-corrected chi connectivity index (χ2v) is 12.6. The number of benzene rings is 2. The molecule has 1 N–H and O–H groups in total. The van der Waals surface area contributed by atoms with E-state index in [1.54, 1.807) is 29.2 Å². The smallest absolute Gasteiger partial charge is 0.243 e. The Bertz CT molecular complexity index is 1230. The molecule has 2 aromatic carbocycles. The topological polar surface area (TPSA) is 96.0 Å². The van der Waals surface area contributed by atoms with Crippen LogP contribution in [0.5, 0.6) is 5.75 Å². The monoisotopic (exact) mass is 597 g/mol. The van der Waals surface area contributed by atoms with Gasteiger partial charge in [-0.05, 0) is 61.6 Å². The van der Waals surface area contributed by atoms with Gasteiger partial charge in [-0.3, -0.25) is 13.9 Å². The van der Waals surface area contributed by atoms with E-state index in [1.807, 2.05) is 19.1 Å². The van der Waals surface area contributed by atoms with E-state index >= 15 is 0 Å². The lowest BCUT2D eigenvalue weighted by atomic mass is 10.1. The highest BCUT2D eigenvalue weighted by Gasteiger charge is 2.30. The van der Waals surface area contributed by atoms with Crippen LogP contribution in [0.4, 0.5) is 5.69 Å². The molecule has 1 saturated carbocycles. The SMILES string of the molecule is CC[C@H](C(=O)NC1CCCC1)N(Cc1ccc(Cl)cc1)C(=O)CCCN(c1ccc(OC)c(Cl)c1)S(C)(=O)=O. The molecule has 2 aromatic rings. The Morgan fingerprint density at radius 3 is 2.33 bits per heavy atom. The number of nitrogens with one attached hydrogen (secondary N) is 1. The summed E-state index contributed by atoms with van der Waals surface area (Å²) in [7, 11) is -2.16. The van der Waals surface area contributed by atoms with E-state index in [9.17, 15) is 18.0 Å². The molecule has 8 nitrogen and oxygen atoms in total. The van der Waals surface area contributed by atoms with Crippen molar-refractivity contribution in [2.45, 2.75) is 70.5 Å². The van der Waals surface area contributed by atoms with Crippen molar-refractivity contribution >= 4 is 50.7 Å². The Morgan fingerprint density at radius 1 is 1.10 bits per heavy atom. The molecule has 1 aliphatic carbocycles. The molecule has 0 aromatic heterocycles. The lowest BCUT2D eigenvalue weighted by Crippen LogP contribution is -2.51. The predicted molar refractivity (Wildman–Crippen MR) is 156 cm³/mol. The second kappa shape index (κ2) is 14.2. The molecule has 1 atom stereocenters. The lowest BCUT2D eigenvalue weighted by molar-refractivity contribution is -0.141. The van der Waals surface area contributed by atoms with Crippen LogP contribution in [0, 0.1) is 0 Å². The van der Waals surface area contributed by atoms with E-state index in [0.29, 0.717) is 22.9 Å². The van der Waals surface area contributed by atoms with Crippen LogP contribution in [0.25, 0.3) is 0 Å². The number of amides is 2. The van der Waals surface area contributed by atoms with E-state index < -0.39 is 16.1 Å². The van der Waals surface area contributed by atoms with Gasteiger partial charge in [0.1, 0.15) is 11.8 Å². The third-order valence-electron chi connectivity index (χ3n) is 6.93. The van der Waals surface area contributed by atoms with Crippen molar-refractivity contribution in [3.8, 4) is 5.75 Å². The molecule has 0 heterocycles. The molecule has 0 radical (unpaired) electrons. The van der Waals surface area contributed by atoms with Gasteiger partial charge in [-0.25, -0.2) is 8.42 Å². The van der Waals surface area contributed by atoms with Crippen LogP contribution >= 0.6 is 23.2 Å². The van der Waals surface area contributed by atoms with Crippen molar-refractivity contribution in [1.29, 1.82) is 0 Å². The molecular weight excluding hydrogens is 561 g/mol. The quantitative estimate of drug-likeness (QED) is 0.333. The summed E-state index contributed by atoms with van der Waals surface area (Å²) < 4.78 is 31.5. The average Bonchev–Trinajstić information content (AvgIpc) is 3.39. The van der Waals surface area contributed by atoms with E-state index in [4.69, 9.17) is 27.9 Å². The number of carbonyl (C=O) groups is 2. The highest BCUT2D eigenvalue weighted by molar-refractivity contribution is 7.92. The first kappa shape index (κ1) is 31.0. The molecule has 1 fully saturated rings. The van der Waals surface area contributed by atoms with Gasteiger partial charge in [-0.2, -0.15) is 0 Å². The highest BCUT2D eigenvalue weighted by atomic mass is 35.5. The molecule has 0 spiro atoms. The zero-order valence-corrected chi connectivity index (χ0v) is 25.0. The Hall–Kier alpha value is -2.49. The normalized spacial score (nSPS) is 14.6. The number of carbonyl (C=O) groups excluding carboxylic acids is 2. The van der Waals surface area contributed by atoms with Gasteiger partial charge < -0.3 is 15.0 Å². The van der Waals surface area contributed by atoms with E-state index in [0.717, 1.165) is 37.5 Å². The van der Waals surface area contributed by atoms with Crippen molar-refractivity contribution in [3.05, 3.63) is 58.1 Å². The van der Waals surface area contributed by atoms with Crippen molar-refractivity contribution < 1.29 is 22.7 Å². The van der Waals surface area contributed by atoms with E-state index in [1.165, 1.54) is 17.5 Å². The van der Waals surface area contributed by atoms with E-state index in [-0.39, 0.29) is 48.8 Å². The van der Waals surface area contributed by atoms with Crippen molar-refractivity contribution in [2.24, 2.45) is 0 Å². The van der Waals surface area contributed by atoms with Crippen molar-refractivity contribution in [1.82, 2.24) is 10.2 Å². The minimum absolute atomic E-state index is 0.0662. The number of ether oxygens (including phenoxy) is 1. The fraction of sp³-hybridized carbons (Fsp3) is 0.500. The number of nitrogens with zero attached hydrogens (tertiary/aromatic N) is 2. The number of rotatable bonds is 13. The molecule has 3 rings (SSSR count). The Morgan fingerprint density at radius 2 is 1.77 bits per heavy atom. The van der Waals surface area contributed by atoms with Gasteiger partial charge in [0.05, 0.1) is 24.1 Å². The van der Waals surface area contributed by atoms with Crippen LogP contribution in [-0.2, 0) is 26.2 Å². The van der Waals surface area contributed by atoms with Crippen LogP contribution in [0.2, 0.25) is 10.0 Å². The number of methoxy groups -OCH3 is 1. The summed E-state index contributed by atoms with van der Waals surface area (Å²) in [6.07, 6.45) is 5.97. The molecule has 214 valence electrons. The summed E-state index contributed by atoms with van der Waals surface area (Å²) in [6, 6.07) is 11.4. The maximum atomic E-state index is 13.6. The van der Waals surface area contributed by atoms with Crippen molar-refractivity contribution in [3.63, 3.8) is 0 Å². The first-order valence-electron chi connectivity index (χ1n) is 13.2.